The van der Waals surface area contributed by atoms with Gasteiger partial charge < -0.3 is 5.32 Å². The first-order valence-corrected chi connectivity index (χ1v) is 7.89. The number of nitrogens with one attached hydrogen (secondary N) is 1. The molecular weight excluding hydrogens is 288 g/mol. The summed E-state index contributed by atoms with van der Waals surface area (Å²) in [4.78, 5) is 4.40. The summed E-state index contributed by atoms with van der Waals surface area (Å²) in [5.41, 5.74) is 1.12. The fourth-order valence-corrected chi connectivity index (χ4v) is 2.99. The minimum Gasteiger partial charge on any atom is -0.308 e. The van der Waals surface area contributed by atoms with E-state index < -0.39 is 0 Å². The molecule has 1 saturated carbocycles. The zero-order valence-corrected chi connectivity index (χ0v) is 12.7. The van der Waals surface area contributed by atoms with E-state index in [1.807, 2.05) is 6.20 Å². The van der Waals surface area contributed by atoms with Crippen LogP contribution in [0, 0.1) is 5.92 Å². The molecule has 1 atom stereocenters. The Kier molecular flexibility index (Phi) is 5.64. The van der Waals surface area contributed by atoms with Gasteiger partial charge in [0.25, 0.3) is 0 Å². The van der Waals surface area contributed by atoms with E-state index in [0.717, 1.165) is 22.6 Å². The maximum absolute atomic E-state index is 4.40. The lowest BCUT2D eigenvalue weighted by Gasteiger charge is -2.23. The van der Waals surface area contributed by atoms with Crippen LogP contribution in [0.5, 0.6) is 0 Å². The monoisotopic (exact) mass is 310 g/mol. The number of aromatic nitrogens is 1. The number of hydrogen-bond acceptors (Lipinski definition) is 2. The first-order chi connectivity index (χ1) is 8.75. The minimum atomic E-state index is 0.605. The van der Waals surface area contributed by atoms with Crippen molar-refractivity contribution < 1.29 is 0 Å². The molecule has 1 aliphatic rings. The molecular formula is C15H23BrN2. The highest BCUT2D eigenvalue weighted by Gasteiger charge is 2.18. The lowest BCUT2D eigenvalue weighted by Crippen LogP contribution is -2.33. The molecule has 3 heteroatoms. The van der Waals surface area contributed by atoms with Gasteiger partial charge in [0, 0.05) is 23.3 Å². The summed E-state index contributed by atoms with van der Waals surface area (Å²) in [6.07, 6.45) is 10.3. The molecule has 1 aliphatic carbocycles. The Morgan fingerprint density at radius 1 is 1.28 bits per heavy atom. The van der Waals surface area contributed by atoms with E-state index in [1.54, 1.807) is 0 Å². The predicted octanol–water partition coefficient (Wildman–Crippen LogP) is 4.29. The molecule has 0 amide bonds. The van der Waals surface area contributed by atoms with Crippen molar-refractivity contribution in [3.63, 3.8) is 0 Å². The highest BCUT2D eigenvalue weighted by Crippen LogP contribution is 2.25. The van der Waals surface area contributed by atoms with Crippen molar-refractivity contribution in [3.05, 3.63) is 28.5 Å². The van der Waals surface area contributed by atoms with Gasteiger partial charge in [-0.2, -0.15) is 0 Å². The topological polar surface area (TPSA) is 24.9 Å². The third-order valence-electron chi connectivity index (χ3n) is 4.00. The molecule has 0 spiro atoms. The zero-order valence-electron chi connectivity index (χ0n) is 11.2. The van der Waals surface area contributed by atoms with Crippen molar-refractivity contribution in [3.8, 4) is 0 Å². The lowest BCUT2D eigenvalue weighted by molar-refractivity contribution is 0.335. The van der Waals surface area contributed by atoms with Crippen LogP contribution in [-0.2, 0) is 6.54 Å². The van der Waals surface area contributed by atoms with Crippen molar-refractivity contribution in [2.45, 2.75) is 58.0 Å². The standard InChI is InChI=1S/C15H23BrN2/c1-12(13-6-4-2-3-5-7-13)17-11-15-9-8-14(16)10-18-15/h8-10,12-13,17H,2-7,11H2,1H3/t12-/m0/s1. The molecule has 1 heterocycles. The van der Waals surface area contributed by atoms with E-state index in [0.29, 0.717) is 6.04 Å². The molecule has 0 radical (unpaired) electrons. The first kappa shape index (κ1) is 14.0. The zero-order chi connectivity index (χ0) is 12.8. The average molecular weight is 311 g/mol. The molecule has 0 saturated heterocycles. The van der Waals surface area contributed by atoms with E-state index in [9.17, 15) is 0 Å². The Hall–Kier alpha value is -0.410. The molecule has 0 unspecified atom stereocenters. The van der Waals surface area contributed by atoms with Crippen molar-refractivity contribution in [1.82, 2.24) is 10.3 Å². The van der Waals surface area contributed by atoms with Gasteiger partial charge in [0.15, 0.2) is 0 Å². The van der Waals surface area contributed by atoms with E-state index >= 15 is 0 Å². The molecule has 0 aromatic carbocycles. The summed E-state index contributed by atoms with van der Waals surface area (Å²) in [5, 5.41) is 3.64. The summed E-state index contributed by atoms with van der Waals surface area (Å²) in [7, 11) is 0. The van der Waals surface area contributed by atoms with Gasteiger partial charge in [0.05, 0.1) is 5.69 Å². The molecule has 1 aromatic heterocycles. The summed E-state index contributed by atoms with van der Waals surface area (Å²) in [6, 6.07) is 4.74. The maximum Gasteiger partial charge on any atom is 0.0542 e. The fourth-order valence-electron chi connectivity index (χ4n) is 2.75. The van der Waals surface area contributed by atoms with E-state index in [4.69, 9.17) is 0 Å². The summed E-state index contributed by atoms with van der Waals surface area (Å²) in [6.45, 7) is 3.21. The number of pyridine rings is 1. The SMILES string of the molecule is C[C@H](NCc1ccc(Br)cn1)C1CCCCCC1. The average Bonchev–Trinajstić information content (AvgIpc) is 2.66. The lowest BCUT2D eigenvalue weighted by atomic mass is 9.93. The Bertz CT molecular complexity index is 342. The van der Waals surface area contributed by atoms with E-state index in [2.05, 4.69) is 45.3 Å². The van der Waals surface area contributed by atoms with Gasteiger partial charge in [-0.15, -0.1) is 0 Å². The minimum absolute atomic E-state index is 0.605. The smallest absolute Gasteiger partial charge is 0.0542 e. The van der Waals surface area contributed by atoms with Crippen LogP contribution in [0.25, 0.3) is 0 Å². The second-order valence-electron chi connectivity index (χ2n) is 5.39. The molecule has 100 valence electrons. The van der Waals surface area contributed by atoms with Gasteiger partial charge in [0.2, 0.25) is 0 Å². The molecule has 1 aromatic rings. The molecule has 2 nitrogen and oxygen atoms in total. The molecule has 0 bridgehead atoms. The van der Waals surface area contributed by atoms with Crippen LogP contribution in [-0.4, -0.2) is 11.0 Å². The van der Waals surface area contributed by atoms with Crippen molar-refractivity contribution >= 4 is 15.9 Å². The van der Waals surface area contributed by atoms with Crippen molar-refractivity contribution in [1.29, 1.82) is 0 Å². The van der Waals surface area contributed by atoms with Crippen molar-refractivity contribution in [2.75, 3.05) is 0 Å². The van der Waals surface area contributed by atoms with Gasteiger partial charge in [-0.1, -0.05) is 25.7 Å². The number of rotatable bonds is 4. The third-order valence-corrected chi connectivity index (χ3v) is 4.47. The summed E-state index contributed by atoms with van der Waals surface area (Å²) >= 11 is 3.41. The first-order valence-electron chi connectivity index (χ1n) is 7.09. The second-order valence-corrected chi connectivity index (χ2v) is 6.30. The van der Waals surface area contributed by atoms with Crippen LogP contribution in [0.2, 0.25) is 0 Å². The summed E-state index contributed by atoms with van der Waals surface area (Å²) in [5.74, 6) is 0.850. The summed E-state index contributed by atoms with van der Waals surface area (Å²) < 4.78 is 1.04. The van der Waals surface area contributed by atoms with Crippen LogP contribution >= 0.6 is 15.9 Å². The molecule has 18 heavy (non-hydrogen) atoms. The number of halogens is 1. The van der Waals surface area contributed by atoms with Crippen LogP contribution < -0.4 is 5.32 Å². The highest BCUT2D eigenvalue weighted by atomic mass is 79.9. The number of hydrogen-bond donors (Lipinski definition) is 1. The third kappa shape index (κ3) is 4.36. The van der Waals surface area contributed by atoms with Gasteiger partial charge in [-0.25, -0.2) is 0 Å². The number of nitrogens with zero attached hydrogens (tertiary/aromatic N) is 1. The van der Waals surface area contributed by atoms with Crippen LogP contribution in [0.4, 0.5) is 0 Å². The largest absolute Gasteiger partial charge is 0.308 e. The van der Waals surface area contributed by atoms with Crippen LogP contribution in [0.1, 0.15) is 51.1 Å². The van der Waals surface area contributed by atoms with Gasteiger partial charge >= 0.3 is 0 Å². The molecule has 1 fully saturated rings. The van der Waals surface area contributed by atoms with Crippen LogP contribution in [0.15, 0.2) is 22.8 Å². The van der Waals surface area contributed by atoms with Gasteiger partial charge in [0.1, 0.15) is 0 Å². The quantitative estimate of drug-likeness (QED) is 0.839. The predicted molar refractivity (Wildman–Crippen MR) is 79.4 cm³/mol. The Morgan fingerprint density at radius 2 is 2.00 bits per heavy atom. The molecule has 0 aliphatic heterocycles. The van der Waals surface area contributed by atoms with Gasteiger partial charge in [-0.3, -0.25) is 4.98 Å². The van der Waals surface area contributed by atoms with Gasteiger partial charge in [-0.05, 0) is 53.7 Å². The Labute approximate surface area is 119 Å². The fraction of sp³-hybridized carbons (Fsp3) is 0.667. The van der Waals surface area contributed by atoms with Crippen LogP contribution in [0.3, 0.4) is 0 Å². The maximum atomic E-state index is 4.40. The van der Waals surface area contributed by atoms with Crippen molar-refractivity contribution in [2.24, 2.45) is 5.92 Å². The Balaban J connectivity index is 1.79. The molecule has 1 N–H and O–H groups in total. The van der Waals surface area contributed by atoms with E-state index in [1.165, 1.54) is 38.5 Å². The van der Waals surface area contributed by atoms with E-state index in [-0.39, 0.29) is 0 Å². The second kappa shape index (κ2) is 7.25. The Morgan fingerprint density at radius 3 is 2.61 bits per heavy atom. The highest BCUT2D eigenvalue weighted by molar-refractivity contribution is 9.10. The normalized spacial score (nSPS) is 19.4. The molecule has 2 rings (SSSR count).